The molecule has 0 aliphatic carbocycles. The molecule has 0 unspecified atom stereocenters. The van der Waals surface area contributed by atoms with Gasteiger partial charge in [0.15, 0.2) is 10.9 Å². The van der Waals surface area contributed by atoms with Crippen LogP contribution in [0.15, 0.2) is 54.7 Å². The van der Waals surface area contributed by atoms with Crippen molar-refractivity contribution in [3.8, 4) is 5.75 Å². The highest BCUT2D eigenvalue weighted by atomic mass is 35.5. The summed E-state index contributed by atoms with van der Waals surface area (Å²) < 4.78 is 41.9. The topological polar surface area (TPSA) is 49.4 Å². The number of anilines is 2. The smallest absolute Gasteiger partial charge is 0.404 e. The molecule has 168 valence electrons. The number of nitrogens with one attached hydrogen (secondary N) is 2. The van der Waals surface area contributed by atoms with E-state index < -0.39 is 6.36 Å². The molecule has 0 amide bonds. The molecule has 1 fully saturated rings. The molecule has 4 rings (SSSR count). The molecule has 10 heteroatoms. The van der Waals surface area contributed by atoms with Gasteiger partial charge in [0, 0.05) is 36.4 Å². The summed E-state index contributed by atoms with van der Waals surface area (Å²) >= 11 is 11.6. The maximum atomic E-state index is 12.6. The van der Waals surface area contributed by atoms with Gasteiger partial charge in [0.05, 0.1) is 16.2 Å². The zero-order chi connectivity index (χ0) is 22.7. The molecule has 2 heterocycles. The lowest BCUT2D eigenvalue weighted by Crippen LogP contribution is -2.46. The molecule has 1 aromatic heterocycles. The number of halogens is 4. The van der Waals surface area contributed by atoms with E-state index in [0.29, 0.717) is 5.02 Å². The fraction of sp³-hybridized carbons (Fsp3) is 0.273. The molecule has 32 heavy (non-hydrogen) atoms. The Kier molecular flexibility index (Phi) is 6.57. The van der Waals surface area contributed by atoms with Crippen LogP contribution >= 0.6 is 23.8 Å². The molecule has 2 aromatic carbocycles. The summed E-state index contributed by atoms with van der Waals surface area (Å²) in [5.74, 6) is -0.331. The number of rotatable bonds is 4. The highest BCUT2D eigenvalue weighted by Gasteiger charge is 2.32. The van der Waals surface area contributed by atoms with Crippen LogP contribution in [0.3, 0.4) is 0 Å². The van der Waals surface area contributed by atoms with Gasteiger partial charge in [-0.3, -0.25) is 4.98 Å². The number of benzene rings is 2. The van der Waals surface area contributed by atoms with Crippen LogP contribution < -0.4 is 20.3 Å². The number of ether oxygens (including phenoxy) is 1. The van der Waals surface area contributed by atoms with Gasteiger partial charge < -0.3 is 20.3 Å². The van der Waals surface area contributed by atoms with Gasteiger partial charge in [0.1, 0.15) is 0 Å². The van der Waals surface area contributed by atoms with Crippen molar-refractivity contribution in [2.75, 3.05) is 23.3 Å². The van der Waals surface area contributed by atoms with E-state index >= 15 is 0 Å². The Morgan fingerprint density at radius 2 is 1.84 bits per heavy atom. The van der Waals surface area contributed by atoms with Gasteiger partial charge in [0.2, 0.25) is 0 Å². The molecule has 0 atom stereocenters. The molecule has 0 bridgehead atoms. The number of alkyl halides is 3. The minimum Gasteiger partial charge on any atom is -0.404 e. The first-order chi connectivity index (χ1) is 15.3. The Morgan fingerprint density at radius 3 is 2.59 bits per heavy atom. The second-order valence-electron chi connectivity index (χ2n) is 7.37. The number of pyridine rings is 1. The molecule has 1 aliphatic heterocycles. The van der Waals surface area contributed by atoms with Gasteiger partial charge in [0.25, 0.3) is 0 Å². The average Bonchev–Trinajstić information content (AvgIpc) is 2.75. The second kappa shape index (κ2) is 9.38. The van der Waals surface area contributed by atoms with Gasteiger partial charge in [-0.05, 0) is 49.3 Å². The molecule has 2 N–H and O–H groups in total. The van der Waals surface area contributed by atoms with Crippen LogP contribution in [-0.4, -0.2) is 35.6 Å². The average molecular weight is 481 g/mol. The van der Waals surface area contributed by atoms with Crippen molar-refractivity contribution < 1.29 is 17.9 Å². The Bertz CT molecular complexity index is 1120. The van der Waals surface area contributed by atoms with E-state index in [9.17, 15) is 13.2 Å². The van der Waals surface area contributed by atoms with Gasteiger partial charge in [-0.2, -0.15) is 0 Å². The Labute approximate surface area is 193 Å². The Morgan fingerprint density at radius 1 is 1.09 bits per heavy atom. The standard InChI is InChI=1S/C22H20ClF3N4OS/c23-16-5-3-4-15-18(8-11-27-20(15)16)30-12-9-14(10-13-30)28-21(32)29-17-6-1-2-7-19(17)31-22(24,25)26/h1-8,11,14H,9-10,12-13H2,(H2,28,29,32). The molecule has 0 saturated carbocycles. The lowest BCUT2D eigenvalue weighted by molar-refractivity contribution is -0.274. The highest BCUT2D eigenvalue weighted by molar-refractivity contribution is 7.80. The Hall–Kier alpha value is -2.78. The maximum Gasteiger partial charge on any atom is 0.573 e. The summed E-state index contributed by atoms with van der Waals surface area (Å²) in [5.41, 5.74) is 2.01. The summed E-state index contributed by atoms with van der Waals surface area (Å²) in [6, 6.07) is 13.6. The largest absolute Gasteiger partial charge is 0.573 e. The summed E-state index contributed by atoms with van der Waals surface area (Å²) in [6.07, 6.45) is -1.39. The van der Waals surface area contributed by atoms with E-state index in [4.69, 9.17) is 23.8 Å². The highest BCUT2D eigenvalue weighted by Crippen LogP contribution is 2.32. The molecule has 1 saturated heterocycles. The minimum absolute atomic E-state index is 0.0960. The summed E-state index contributed by atoms with van der Waals surface area (Å²) in [7, 11) is 0. The van der Waals surface area contributed by atoms with Gasteiger partial charge in [-0.25, -0.2) is 0 Å². The fourth-order valence-electron chi connectivity index (χ4n) is 3.79. The first-order valence-corrected chi connectivity index (χ1v) is 10.8. The fourth-order valence-corrected chi connectivity index (χ4v) is 4.29. The number of piperidine rings is 1. The van der Waals surface area contributed by atoms with Crippen molar-refractivity contribution in [3.63, 3.8) is 0 Å². The SMILES string of the molecule is FC(F)(F)Oc1ccccc1NC(=S)NC1CCN(c2ccnc3c(Cl)cccc23)CC1. The predicted molar refractivity (Wildman–Crippen MR) is 124 cm³/mol. The van der Waals surface area contributed by atoms with Gasteiger partial charge in [-0.15, -0.1) is 13.2 Å². The molecule has 0 radical (unpaired) electrons. The third-order valence-corrected chi connectivity index (χ3v) is 5.76. The zero-order valence-electron chi connectivity index (χ0n) is 16.8. The number of fused-ring (bicyclic) bond motifs is 1. The number of thiocarbonyl (C=S) groups is 1. The second-order valence-corrected chi connectivity index (χ2v) is 8.19. The van der Waals surface area contributed by atoms with Crippen LogP contribution in [0.2, 0.25) is 5.02 Å². The molecule has 0 spiro atoms. The monoisotopic (exact) mass is 480 g/mol. The third-order valence-electron chi connectivity index (χ3n) is 5.23. The third kappa shape index (κ3) is 5.34. The van der Waals surface area contributed by atoms with Crippen LogP contribution in [0.25, 0.3) is 10.9 Å². The molecule has 5 nitrogen and oxygen atoms in total. The van der Waals surface area contributed by atoms with E-state index in [1.807, 2.05) is 24.3 Å². The van der Waals surface area contributed by atoms with E-state index in [2.05, 4.69) is 25.3 Å². The van der Waals surface area contributed by atoms with Crippen molar-refractivity contribution in [2.24, 2.45) is 0 Å². The number of para-hydroxylation sites is 3. The quantitative estimate of drug-likeness (QED) is 0.464. The van der Waals surface area contributed by atoms with Crippen LogP contribution in [-0.2, 0) is 0 Å². The lowest BCUT2D eigenvalue weighted by atomic mass is 10.0. The van der Waals surface area contributed by atoms with Crippen LogP contribution in [0.5, 0.6) is 5.75 Å². The van der Waals surface area contributed by atoms with Gasteiger partial charge >= 0.3 is 6.36 Å². The van der Waals surface area contributed by atoms with E-state index in [0.717, 1.165) is 42.5 Å². The minimum atomic E-state index is -4.78. The summed E-state index contributed by atoms with van der Waals surface area (Å²) in [5, 5.41) is 7.89. The maximum absolute atomic E-state index is 12.6. The van der Waals surface area contributed by atoms with E-state index in [1.165, 1.54) is 18.2 Å². The van der Waals surface area contributed by atoms with Crippen molar-refractivity contribution in [3.05, 3.63) is 59.8 Å². The number of aromatic nitrogens is 1. The van der Waals surface area contributed by atoms with Crippen LogP contribution in [0.4, 0.5) is 24.5 Å². The molecule has 3 aromatic rings. The zero-order valence-corrected chi connectivity index (χ0v) is 18.4. The van der Waals surface area contributed by atoms with Crippen molar-refractivity contribution >= 4 is 51.2 Å². The van der Waals surface area contributed by atoms with Crippen molar-refractivity contribution in [1.82, 2.24) is 10.3 Å². The van der Waals surface area contributed by atoms with Crippen molar-refractivity contribution in [1.29, 1.82) is 0 Å². The van der Waals surface area contributed by atoms with E-state index in [-0.39, 0.29) is 22.6 Å². The van der Waals surface area contributed by atoms with Crippen LogP contribution in [0, 0.1) is 0 Å². The number of hydrogen-bond acceptors (Lipinski definition) is 4. The molecular formula is C22H20ClF3N4OS. The summed E-state index contributed by atoms with van der Waals surface area (Å²) in [4.78, 5) is 6.66. The van der Waals surface area contributed by atoms with Gasteiger partial charge in [-0.1, -0.05) is 35.9 Å². The number of hydrogen-bond donors (Lipinski definition) is 2. The first kappa shape index (κ1) is 22.4. The lowest BCUT2D eigenvalue weighted by Gasteiger charge is -2.35. The molecule has 1 aliphatic rings. The predicted octanol–water partition coefficient (Wildman–Crippen LogP) is 5.74. The van der Waals surface area contributed by atoms with E-state index in [1.54, 1.807) is 12.3 Å². The number of nitrogens with zero attached hydrogens (tertiary/aromatic N) is 2. The normalized spacial score (nSPS) is 14.9. The summed E-state index contributed by atoms with van der Waals surface area (Å²) in [6.45, 7) is 1.58. The van der Waals surface area contributed by atoms with Crippen molar-refractivity contribution in [2.45, 2.75) is 25.2 Å². The Balaban J connectivity index is 1.36. The van der Waals surface area contributed by atoms with Crippen LogP contribution in [0.1, 0.15) is 12.8 Å². The first-order valence-electron chi connectivity index (χ1n) is 10.0. The molecular weight excluding hydrogens is 461 g/mol.